The third kappa shape index (κ3) is 5.15. The number of nitrogens with zero attached hydrogens (tertiary/aromatic N) is 2. The van der Waals surface area contributed by atoms with Gasteiger partial charge in [0.1, 0.15) is 5.60 Å². The maximum atomic E-state index is 12.0. The number of carbonyl (C=O) groups excluding carboxylic acids is 1. The molecule has 0 aliphatic carbocycles. The monoisotopic (exact) mass is 297 g/mol. The summed E-state index contributed by atoms with van der Waals surface area (Å²) in [5, 5.41) is 3.61. The van der Waals surface area contributed by atoms with Crippen LogP contribution in [0.4, 0.5) is 4.79 Å². The maximum Gasteiger partial charge on any atom is 0.410 e. The Hall–Kier alpha value is -0.810. The van der Waals surface area contributed by atoms with Crippen molar-refractivity contribution in [3.05, 3.63) is 0 Å². The molecule has 0 radical (unpaired) electrons. The van der Waals surface area contributed by atoms with Crippen molar-refractivity contribution in [3.8, 4) is 0 Å². The van der Waals surface area contributed by atoms with Gasteiger partial charge in [-0.2, -0.15) is 0 Å². The third-order valence-electron chi connectivity index (χ3n) is 4.31. The quantitative estimate of drug-likeness (QED) is 0.863. The van der Waals surface area contributed by atoms with E-state index in [4.69, 9.17) is 4.74 Å². The average molecular weight is 297 g/mol. The van der Waals surface area contributed by atoms with Crippen LogP contribution in [-0.4, -0.2) is 66.3 Å². The molecular weight excluding hydrogens is 266 g/mol. The average Bonchev–Trinajstić information content (AvgIpc) is 3.05. The second-order valence-corrected chi connectivity index (χ2v) is 7.41. The maximum absolute atomic E-state index is 12.0. The number of nitrogens with one attached hydrogen (secondary N) is 1. The summed E-state index contributed by atoms with van der Waals surface area (Å²) in [5.41, 5.74) is -0.410. The first-order valence-electron chi connectivity index (χ1n) is 8.30. The molecule has 1 amide bonds. The van der Waals surface area contributed by atoms with Crippen LogP contribution in [0, 0.1) is 0 Å². The molecule has 5 heteroatoms. The van der Waals surface area contributed by atoms with Crippen LogP contribution in [0.15, 0.2) is 0 Å². The highest BCUT2D eigenvalue weighted by Crippen LogP contribution is 2.16. The minimum Gasteiger partial charge on any atom is -0.444 e. The summed E-state index contributed by atoms with van der Waals surface area (Å²) in [6.45, 7) is 13.1. The Morgan fingerprint density at radius 2 is 1.95 bits per heavy atom. The number of hydrogen-bond donors (Lipinski definition) is 1. The first-order valence-corrected chi connectivity index (χ1v) is 8.30. The topological polar surface area (TPSA) is 44.8 Å². The lowest BCUT2D eigenvalue weighted by molar-refractivity contribution is 0.0291. The molecule has 0 saturated carbocycles. The minimum absolute atomic E-state index is 0.181. The Kier molecular flexibility index (Phi) is 5.49. The van der Waals surface area contributed by atoms with Crippen molar-refractivity contribution in [1.29, 1.82) is 0 Å². The molecule has 21 heavy (non-hydrogen) atoms. The summed E-state index contributed by atoms with van der Waals surface area (Å²) in [5.74, 6) is 0. The van der Waals surface area contributed by atoms with Gasteiger partial charge in [-0.25, -0.2) is 4.79 Å². The molecule has 2 aliphatic heterocycles. The van der Waals surface area contributed by atoms with Gasteiger partial charge in [-0.3, -0.25) is 4.90 Å². The van der Waals surface area contributed by atoms with E-state index >= 15 is 0 Å². The Bertz CT molecular complexity index is 348. The zero-order valence-corrected chi connectivity index (χ0v) is 14.0. The second kappa shape index (κ2) is 6.97. The van der Waals surface area contributed by atoms with E-state index < -0.39 is 5.60 Å². The molecule has 2 fully saturated rings. The molecule has 2 unspecified atom stereocenters. The molecule has 5 nitrogen and oxygen atoms in total. The normalized spacial score (nSPS) is 25.3. The highest BCUT2D eigenvalue weighted by atomic mass is 16.6. The molecule has 0 aromatic rings. The standard InChI is InChI=1S/C16H31N3O2/c1-13(18-8-5-6-9-18)11-17-14-7-10-19(12-14)15(20)21-16(2,3)4/h13-14,17H,5-12H2,1-4H3. The highest BCUT2D eigenvalue weighted by molar-refractivity contribution is 5.68. The van der Waals surface area contributed by atoms with Crippen molar-refractivity contribution in [3.63, 3.8) is 0 Å². The molecule has 2 saturated heterocycles. The lowest BCUT2D eigenvalue weighted by atomic mass is 10.2. The summed E-state index contributed by atoms with van der Waals surface area (Å²) in [6, 6.07) is 0.991. The third-order valence-corrected chi connectivity index (χ3v) is 4.31. The van der Waals surface area contributed by atoms with Gasteiger partial charge in [0, 0.05) is 31.7 Å². The number of amides is 1. The van der Waals surface area contributed by atoms with E-state index in [1.165, 1.54) is 25.9 Å². The minimum atomic E-state index is -0.410. The van der Waals surface area contributed by atoms with Gasteiger partial charge in [-0.15, -0.1) is 0 Å². The molecule has 1 N–H and O–H groups in total. The van der Waals surface area contributed by atoms with E-state index in [1.807, 2.05) is 25.7 Å². The molecule has 122 valence electrons. The Morgan fingerprint density at radius 1 is 1.29 bits per heavy atom. The fourth-order valence-electron chi connectivity index (χ4n) is 3.07. The molecule has 2 aliphatic rings. The first kappa shape index (κ1) is 16.6. The second-order valence-electron chi connectivity index (χ2n) is 7.41. The Morgan fingerprint density at radius 3 is 2.57 bits per heavy atom. The Balaban J connectivity index is 1.69. The summed E-state index contributed by atoms with van der Waals surface area (Å²) >= 11 is 0. The highest BCUT2D eigenvalue weighted by Gasteiger charge is 2.30. The van der Waals surface area contributed by atoms with Crippen LogP contribution in [0.1, 0.15) is 47.0 Å². The van der Waals surface area contributed by atoms with Crippen molar-refractivity contribution in [2.45, 2.75) is 64.6 Å². The van der Waals surface area contributed by atoms with E-state index in [0.717, 1.165) is 26.1 Å². The Labute approximate surface area is 129 Å². The zero-order valence-electron chi connectivity index (χ0n) is 14.0. The lowest BCUT2D eigenvalue weighted by Crippen LogP contribution is -2.44. The smallest absolute Gasteiger partial charge is 0.410 e. The fourth-order valence-corrected chi connectivity index (χ4v) is 3.07. The largest absolute Gasteiger partial charge is 0.444 e. The van der Waals surface area contributed by atoms with Gasteiger partial charge in [0.15, 0.2) is 0 Å². The summed E-state index contributed by atoms with van der Waals surface area (Å²) < 4.78 is 5.43. The predicted molar refractivity (Wildman–Crippen MR) is 84.5 cm³/mol. The van der Waals surface area contributed by atoms with Crippen molar-refractivity contribution in [2.24, 2.45) is 0 Å². The van der Waals surface area contributed by atoms with Gasteiger partial charge in [0.2, 0.25) is 0 Å². The molecule has 0 aromatic heterocycles. The van der Waals surface area contributed by atoms with Crippen molar-refractivity contribution < 1.29 is 9.53 Å². The zero-order chi connectivity index (χ0) is 15.5. The summed E-state index contributed by atoms with van der Waals surface area (Å²) in [4.78, 5) is 16.4. The van der Waals surface area contributed by atoms with Crippen LogP contribution in [0.3, 0.4) is 0 Å². The first-order chi connectivity index (χ1) is 9.85. The van der Waals surface area contributed by atoms with Crippen LogP contribution in [0.2, 0.25) is 0 Å². The van der Waals surface area contributed by atoms with E-state index in [9.17, 15) is 4.79 Å². The number of ether oxygens (including phenoxy) is 1. The fraction of sp³-hybridized carbons (Fsp3) is 0.938. The lowest BCUT2D eigenvalue weighted by Gasteiger charge is -2.26. The molecular formula is C16H31N3O2. The van der Waals surface area contributed by atoms with Crippen LogP contribution < -0.4 is 5.32 Å². The molecule has 2 heterocycles. The summed E-state index contributed by atoms with van der Waals surface area (Å²) in [7, 11) is 0. The van der Waals surface area contributed by atoms with Crippen LogP contribution in [0.25, 0.3) is 0 Å². The van der Waals surface area contributed by atoms with Gasteiger partial charge >= 0.3 is 6.09 Å². The van der Waals surface area contributed by atoms with Crippen molar-refractivity contribution in [2.75, 3.05) is 32.7 Å². The summed E-state index contributed by atoms with van der Waals surface area (Å²) in [6.07, 6.45) is 3.51. The van der Waals surface area contributed by atoms with Gasteiger partial charge in [0.25, 0.3) is 0 Å². The van der Waals surface area contributed by atoms with E-state index in [1.54, 1.807) is 0 Å². The van der Waals surface area contributed by atoms with Crippen molar-refractivity contribution >= 4 is 6.09 Å². The van der Waals surface area contributed by atoms with E-state index in [2.05, 4.69) is 17.1 Å². The molecule has 0 spiro atoms. The molecule has 2 atom stereocenters. The van der Waals surface area contributed by atoms with Crippen LogP contribution >= 0.6 is 0 Å². The number of carbonyl (C=O) groups is 1. The van der Waals surface area contributed by atoms with Crippen molar-refractivity contribution in [1.82, 2.24) is 15.1 Å². The van der Waals surface area contributed by atoms with Gasteiger partial charge in [0.05, 0.1) is 0 Å². The predicted octanol–water partition coefficient (Wildman–Crippen LogP) is 2.07. The van der Waals surface area contributed by atoms with E-state index in [0.29, 0.717) is 12.1 Å². The molecule has 0 bridgehead atoms. The molecule has 2 rings (SSSR count). The number of rotatable bonds is 4. The SMILES string of the molecule is CC(CNC1CCN(C(=O)OC(C)(C)C)C1)N1CCCC1. The van der Waals surface area contributed by atoms with Gasteiger partial charge in [-0.1, -0.05) is 0 Å². The van der Waals surface area contributed by atoms with Crippen LogP contribution in [0.5, 0.6) is 0 Å². The van der Waals surface area contributed by atoms with Gasteiger partial charge in [-0.05, 0) is 60.0 Å². The van der Waals surface area contributed by atoms with Gasteiger partial charge < -0.3 is 15.0 Å². The number of hydrogen-bond acceptors (Lipinski definition) is 4. The number of likely N-dealkylation sites (tertiary alicyclic amines) is 2. The van der Waals surface area contributed by atoms with E-state index in [-0.39, 0.29) is 6.09 Å². The van der Waals surface area contributed by atoms with Crippen LogP contribution in [-0.2, 0) is 4.74 Å². The molecule has 0 aromatic carbocycles.